The molecule has 1 aliphatic carbocycles. The lowest BCUT2D eigenvalue weighted by atomic mass is 9.97. The van der Waals surface area contributed by atoms with Crippen LogP contribution in [0, 0.1) is 5.92 Å². The summed E-state index contributed by atoms with van der Waals surface area (Å²) in [4.78, 5) is 27.8. The van der Waals surface area contributed by atoms with Gasteiger partial charge in [-0.15, -0.1) is 0 Å². The number of amides is 2. The first-order chi connectivity index (χ1) is 10.3. The molecule has 1 saturated heterocycles. The third-order valence-electron chi connectivity index (χ3n) is 4.11. The SMILES string of the molecule is CC(C)(C)OC(=O)N1CCC[C@H](CN(C(=O)CN)C2CC2)C1. The molecule has 2 fully saturated rings. The van der Waals surface area contributed by atoms with Gasteiger partial charge in [-0.2, -0.15) is 0 Å². The van der Waals surface area contributed by atoms with Crippen LogP contribution in [-0.4, -0.2) is 59.6 Å². The van der Waals surface area contributed by atoms with Crippen molar-refractivity contribution < 1.29 is 14.3 Å². The molecule has 1 atom stereocenters. The summed E-state index contributed by atoms with van der Waals surface area (Å²) >= 11 is 0. The van der Waals surface area contributed by atoms with Gasteiger partial charge in [0.05, 0.1) is 6.54 Å². The van der Waals surface area contributed by atoms with Gasteiger partial charge in [-0.1, -0.05) is 0 Å². The number of likely N-dealkylation sites (tertiary alicyclic amines) is 1. The topological polar surface area (TPSA) is 75.9 Å². The molecular weight excluding hydrogens is 282 g/mol. The van der Waals surface area contributed by atoms with Gasteiger partial charge in [0.25, 0.3) is 0 Å². The molecule has 2 N–H and O–H groups in total. The van der Waals surface area contributed by atoms with E-state index in [1.54, 1.807) is 4.90 Å². The molecule has 2 aliphatic rings. The van der Waals surface area contributed by atoms with Crippen LogP contribution < -0.4 is 5.73 Å². The number of carbonyl (C=O) groups is 2. The lowest BCUT2D eigenvalue weighted by Gasteiger charge is -2.36. The van der Waals surface area contributed by atoms with Crippen LogP contribution in [-0.2, 0) is 9.53 Å². The largest absolute Gasteiger partial charge is 0.444 e. The van der Waals surface area contributed by atoms with E-state index in [-0.39, 0.29) is 18.5 Å². The van der Waals surface area contributed by atoms with Gasteiger partial charge in [0, 0.05) is 25.7 Å². The lowest BCUT2D eigenvalue weighted by molar-refractivity contribution is -0.131. The fraction of sp³-hybridized carbons (Fsp3) is 0.875. The molecule has 2 rings (SSSR count). The van der Waals surface area contributed by atoms with Gasteiger partial charge in [-0.05, 0) is 52.4 Å². The molecule has 0 aromatic heterocycles. The second kappa shape index (κ2) is 6.86. The number of ether oxygens (including phenoxy) is 1. The predicted octanol–water partition coefficient (Wildman–Crippen LogP) is 1.58. The molecule has 2 amide bonds. The Morgan fingerprint density at radius 3 is 2.50 bits per heavy atom. The molecule has 0 aromatic carbocycles. The van der Waals surface area contributed by atoms with Gasteiger partial charge in [0.2, 0.25) is 5.91 Å². The first-order valence-corrected chi connectivity index (χ1v) is 8.27. The number of carbonyl (C=O) groups excluding carboxylic acids is 2. The van der Waals surface area contributed by atoms with Crippen LogP contribution in [0.25, 0.3) is 0 Å². The van der Waals surface area contributed by atoms with Gasteiger partial charge >= 0.3 is 6.09 Å². The van der Waals surface area contributed by atoms with Crippen molar-refractivity contribution in [3.8, 4) is 0 Å². The van der Waals surface area contributed by atoms with Gasteiger partial charge in [-0.3, -0.25) is 4.79 Å². The summed E-state index contributed by atoms with van der Waals surface area (Å²) < 4.78 is 5.45. The monoisotopic (exact) mass is 311 g/mol. The van der Waals surface area contributed by atoms with Crippen LogP contribution in [0.4, 0.5) is 4.79 Å². The van der Waals surface area contributed by atoms with Crippen molar-refractivity contribution >= 4 is 12.0 Å². The van der Waals surface area contributed by atoms with Crippen LogP contribution in [0.3, 0.4) is 0 Å². The molecule has 1 heterocycles. The van der Waals surface area contributed by atoms with Crippen LogP contribution >= 0.6 is 0 Å². The molecule has 0 radical (unpaired) electrons. The molecule has 0 spiro atoms. The van der Waals surface area contributed by atoms with E-state index < -0.39 is 5.60 Å². The van der Waals surface area contributed by atoms with E-state index in [0.717, 1.165) is 32.2 Å². The third-order valence-corrected chi connectivity index (χ3v) is 4.11. The van der Waals surface area contributed by atoms with E-state index in [0.29, 0.717) is 25.0 Å². The molecular formula is C16H29N3O3. The average molecular weight is 311 g/mol. The Kier molecular flexibility index (Phi) is 5.32. The van der Waals surface area contributed by atoms with Crippen molar-refractivity contribution in [1.82, 2.24) is 9.80 Å². The zero-order valence-electron chi connectivity index (χ0n) is 14.0. The zero-order chi connectivity index (χ0) is 16.3. The highest BCUT2D eigenvalue weighted by Gasteiger charge is 2.35. The van der Waals surface area contributed by atoms with Gasteiger partial charge in [0.15, 0.2) is 0 Å². The molecule has 22 heavy (non-hydrogen) atoms. The quantitative estimate of drug-likeness (QED) is 0.855. The van der Waals surface area contributed by atoms with E-state index >= 15 is 0 Å². The van der Waals surface area contributed by atoms with E-state index in [1.807, 2.05) is 25.7 Å². The Balaban J connectivity index is 1.89. The van der Waals surface area contributed by atoms with E-state index in [9.17, 15) is 9.59 Å². The Bertz CT molecular complexity index is 415. The molecule has 0 unspecified atom stereocenters. The highest BCUT2D eigenvalue weighted by Crippen LogP contribution is 2.29. The fourth-order valence-corrected chi connectivity index (χ4v) is 2.94. The first kappa shape index (κ1) is 17.1. The second-order valence-electron chi connectivity index (χ2n) is 7.42. The van der Waals surface area contributed by atoms with Crippen molar-refractivity contribution in [1.29, 1.82) is 0 Å². The summed E-state index contributed by atoms with van der Waals surface area (Å²) in [5.74, 6) is 0.342. The number of piperidine rings is 1. The Labute approximate surface area is 132 Å². The summed E-state index contributed by atoms with van der Waals surface area (Å²) in [5.41, 5.74) is 5.04. The minimum absolute atomic E-state index is 0.0249. The number of hydrogen-bond acceptors (Lipinski definition) is 4. The Hall–Kier alpha value is -1.30. The molecule has 126 valence electrons. The van der Waals surface area contributed by atoms with Gasteiger partial charge in [-0.25, -0.2) is 4.79 Å². The average Bonchev–Trinajstić information content (AvgIpc) is 3.27. The van der Waals surface area contributed by atoms with Crippen LogP contribution in [0.1, 0.15) is 46.5 Å². The maximum atomic E-state index is 12.2. The van der Waals surface area contributed by atoms with Crippen LogP contribution in [0.15, 0.2) is 0 Å². The van der Waals surface area contributed by atoms with Crippen molar-refractivity contribution in [3.63, 3.8) is 0 Å². The van der Waals surface area contributed by atoms with E-state index in [1.165, 1.54) is 0 Å². The predicted molar refractivity (Wildman–Crippen MR) is 84.3 cm³/mol. The minimum Gasteiger partial charge on any atom is -0.444 e. The number of hydrogen-bond donors (Lipinski definition) is 1. The van der Waals surface area contributed by atoms with Crippen molar-refractivity contribution in [2.45, 2.75) is 58.1 Å². The smallest absolute Gasteiger partial charge is 0.410 e. The Morgan fingerprint density at radius 2 is 1.95 bits per heavy atom. The van der Waals surface area contributed by atoms with E-state index in [2.05, 4.69) is 0 Å². The number of nitrogens with zero attached hydrogens (tertiary/aromatic N) is 2. The second-order valence-corrected chi connectivity index (χ2v) is 7.42. The summed E-state index contributed by atoms with van der Waals surface area (Å²) in [6, 6.07) is 0.368. The summed E-state index contributed by atoms with van der Waals surface area (Å²) in [5, 5.41) is 0. The molecule has 6 heteroatoms. The fourth-order valence-electron chi connectivity index (χ4n) is 2.94. The highest BCUT2D eigenvalue weighted by molar-refractivity contribution is 5.78. The van der Waals surface area contributed by atoms with Crippen molar-refractivity contribution in [2.75, 3.05) is 26.2 Å². The summed E-state index contributed by atoms with van der Waals surface area (Å²) in [7, 11) is 0. The number of rotatable bonds is 4. The molecule has 6 nitrogen and oxygen atoms in total. The maximum Gasteiger partial charge on any atom is 0.410 e. The lowest BCUT2D eigenvalue weighted by Crippen LogP contribution is -2.47. The zero-order valence-corrected chi connectivity index (χ0v) is 14.0. The Morgan fingerprint density at radius 1 is 1.27 bits per heavy atom. The summed E-state index contributed by atoms with van der Waals surface area (Å²) in [6.45, 7) is 7.80. The van der Waals surface area contributed by atoms with Gasteiger partial charge in [0.1, 0.15) is 5.60 Å². The molecule has 1 aliphatic heterocycles. The normalized spacial score (nSPS) is 22.4. The number of nitrogens with two attached hydrogens (primary N) is 1. The molecule has 0 aromatic rings. The maximum absolute atomic E-state index is 12.2. The minimum atomic E-state index is -0.473. The van der Waals surface area contributed by atoms with Crippen LogP contribution in [0.5, 0.6) is 0 Å². The van der Waals surface area contributed by atoms with Gasteiger partial charge < -0.3 is 20.3 Å². The highest BCUT2D eigenvalue weighted by atomic mass is 16.6. The van der Waals surface area contributed by atoms with Crippen molar-refractivity contribution in [3.05, 3.63) is 0 Å². The third kappa shape index (κ3) is 4.87. The summed E-state index contributed by atoms with van der Waals surface area (Å²) in [6.07, 6.45) is 3.91. The molecule has 0 bridgehead atoms. The van der Waals surface area contributed by atoms with E-state index in [4.69, 9.17) is 10.5 Å². The van der Waals surface area contributed by atoms with Crippen molar-refractivity contribution in [2.24, 2.45) is 11.7 Å². The van der Waals surface area contributed by atoms with Crippen LogP contribution in [0.2, 0.25) is 0 Å². The first-order valence-electron chi connectivity index (χ1n) is 8.27. The standard InChI is InChI=1S/C16H29N3O3/c1-16(2,3)22-15(21)18-8-4-5-12(10-18)11-19(13-6-7-13)14(20)9-17/h12-13H,4-11,17H2,1-3H3/t12-/m0/s1. The molecule has 1 saturated carbocycles.